The van der Waals surface area contributed by atoms with Gasteiger partial charge < -0.3 is 15.4 Å². The van der Waals surface area contributed by atoms with E-state index in [4.69, 9.17) is 4.74 Å². The summed E-state index contributed by atoms with van der Waals surface area (Å²) in [4.78, 5) is 12.3. The van der Waals surface area contributed by atoms with Crippen molar-refractivity contribution in [1.82, 2.24) is 5.32 Å². The Kier molecular flexibility index (Phi) is 4.17. The third kappa shape index (κ3) is 2.93. The zero-order valence-electron chi connectivity index (χ0n) is 11.3. The van der Waals surface area contributed by atoms with Crippen molar-refractivity contribution in [2.75, 3.05) is 25.5 Å². The predicted octanol–water partition coefficient (Wildman–Crippen LogP) is 1.84. The summed E-state index contributed by atoms with van der Waals surface area (Å²) in [7, 11) is 1.54. The molecule has 1 aromatic carbocycles. The van der Waals surface area contributed by atoms with E-state index >= 15 is 0 Å². The van der Waals surface area contributed by atoms with Crippen molar-refractivity contribution >= 4 is 11.6 Å². The second-order valence-corrected chi connectivity index (χ2v) is 4.87. The largest absolute Gasteiger partial charge is 0.368 e. The number of ether oxygens (including phenoxy) is 1. The first-order valence-corrected chi connectivity index (χ1v) is 6.41. The number of anilines is 1. The van der Waals surface area contributed by atoms with E-state index in [1.807, 2.05) is 0 Å². The Labute approximate surface area is 112 Å². The van der Waals surface area contributed by atoms with Crippen molar-refractivity contribution in [2.24, 2.45) is 0 Å². The van der Waals surface area contributed by atoms with Gasteiger partial charge in [-0.05, 0) is 50.6 Å². The van der Waals surface area contributed by atoms with Crippen LogP contribution in [-0.4, -0.2) is 31.7 Å². The molecule has 1 fully saturated rings. The van der Waals surface area contributed by atoms with Gasteiger partial charge in [-0.3, -0.25) is 4.79 Å². The number of hydrogen-bond donors (Lipinski definition) is 2. The van der Waals surface area contributed by atoms with Gasteiger partial charge in [0.25, 0.3) is 5.91 Å². The molecule has 0 aliphatic carbocycles. The maximum atomic E-state index is 13.5. The van der Waals surface area contributed by atoms with E-state index in [1.54, 1.807) is 26.2 Å². The Morgan fingerprint density at radius 1 is 1.42 bits per heavy atom. The molecule has 4 nitrogen and oxygen atoms in total. The Balaban J connectivity index is 2.12. The second kappa shape index (κ2) is 5.67. The molecule has 0 atom stereocenters. The maximum absolute atomic E-state index is 13.5. The number of benzene rings is 1. The SMILES string of the molecule is COC1(C(=O)Nc2ccc(C)c(F)c2)CCNCC1. The van der Waals surface area contributed by atoms with Crippen LogP contribution in [0.2, 0.25) is 0 Å². The van der Waals surface area contributed by atoms with Gasteiger partial charge in [-0.1, -0.05) is 6.07 Å². The highest BCUT2D eigenvalue weighted by molar-refractivity contribution is 5.97. The van der Waals surface area contributed by atoms with Crippen LogP contribution in [0.15, 0.2) is 18.2 Å². The minimum atomic E-state index is -0.813. The summed E-state index contributed by atoms with van der Waals surface area (Å²) >= 11 is 0. The number of piperidine rings is 1. The first-order valence-electron chi connectivity index (χ1n) is 6.41. The highest BCUT2D eigenvalue weighted by atomic mass is 19.1. The first-order chi connectivity index (χ1) is 9.07. The number of rotatable bonds is 3. The lowest BCUT2D eigenvalue weighted by atomic mass is 9.91. The molecule has 0 unspecified atom stereocenters. The minimum absolute atomic E-state index is 0.209. The molecular formula is C14H19FN2O2. The van der Waals surface area contributed by atoms with Crippen LogP contribution in [0, 0.1) is 12.7 Å². The monoisotopic (exact) mass is 266 g/mol. The van der Waals surface area contributed by atoms with Gasteiger partial charge in [-0.2, -0.15) is 0 Å². The summed E-state index contributed by atoms with van der Waals surface area (Å²) in [6.07, 6.45) is 1.23. The van der Waals surface area contributed by atoms with Crippen LogP contribution in [0.4, 0.5) is 10.1 Å². The molecule has 1 amide bonds. The normalized spacial score (nSPS) is 18.1. The predicted molar refractivity (Wildman–Crippen MR) is 71.6 cm³/mol. The molecule has 0 aromatic heterocycles. The Bertz CT molecular complexity index is 471. The van der Waals surface area contributed by atoms with Crippen molar-refractivity contribution in [3.8, 4) is 0 Å². The van der Waals surface area contributed by atoms with Crippen LogP contribution in [0.1, 0.15) is 18.4 Å². The Morgan fingerprint density at radius 2 is 2.11 bits per heavy atom. The van der Waals surface area contributed by atoms with E-state index in [9.17, 15) is 9.18 Å². The fourth-order valence-corrected chi connectivity index (χ4v) is 2.27. The van der Waals surface area contributed by atoms with Gasteiger partial charge in [0, 0.05) is 12.8 Å². The smallest absolute Gasteiger partial charge is 0.256 e. The van der Waals surface area contributed by atoms with E-state index in [0.717, 1.165) is 13.1 Å². The van der Waals surface area contributed by atoms with Crippen molar-refractivity contribution in [2.45, 2.75) is 25.4 Å². The second-order valence-electron chi connectivity index (χ2n) is 4.87. The van der Waals surface area contributed by atoms with Crippen LogP contribution < -0.4 is 10.6 Å². The lowest BCUT2D eigenvalue weighted by Gasteiger charge is -2.34. The molecule has 0 spiro atoms. The summed E-state index contributed by atoms with van der Waals surface area (Å²) < 4.78 is 18.9. The molecule has 2 rings (SSSR count). The van der Waals surface area contributed by atoms with Gasteiger partial charge in [-0.15, -0.1) is 0 Å². The summed E-state index contributed by atoms with van der Waals surface area (Å²) in [6, 6.07) is 4.67. The van der Waals surface area contributed by atoms with Crippen molar-refractivity contribution in [3.05, 3.63) is 29.6 Å². The van der Waals surface area contributed by atoms with Crippen LogP contribution in [0.3, 0.4) is 0 Å². The molecule has 0 saturated carbocycles. The van der Waals surface area contributed by atoms with Gasteiger partial charge in [-0.25, -0.2) is 4.39 Å². The molecule has 1 saturated heterocycles. The zero-order valence-corrected chi connectivity index (χ0v) is 11.3. The van der Waals surface area contributed by atoms with Gasteiger partial charge in [0.1, 0.15) is 11.4 Å². The van der Waals surface area contributed by atoms with Crippen LogP contribution in [-0.2, 0) is 9.53 Å². The number of methoxy groups -OCH3 is 1. The van der Waals surface area contributed by atoms with E-state index < -0.39 is 5.60 Å². The third-order valence-electron chi connectivity index (χ3n) is 3.65. The number of aryl methyl sites for hydroxylation is 1. The molecule has 5 heteroatoms. The molecule has 104 valence electrons. The highest BCUT2D eigenvalue weighted by Gasteiger charge is 2.39. The number of carbonyl (C=O) groups excluding carboxylic acids is 1. The standard InChI is InChI=1S/C14H19FN2O2/c1-10-3-4-11(9-12(10)15)17-13(18)14(19-2)5-7-16-8-6-14/h3-4,9,16H,5-8H2,1-2H3,(H,17,18). The fourth-order valence-electron chi connectivity index (χ4n) is 2.27. The average molecular weight is 266 g/mol. The lowest BCUT2D eigenvalue weighted by Crippen LogP contribution is -2.51. The molecule has 1 aliphatic rings. The molecule has 0 bridgehead atoms. The number of hydrogen-bond acceptors (Lipinski definition) is 3. The van der Waals surface area contributed by atoms with Crippen molar-refractivity contribution < 1.29 is 13.9 Å². The third-order valence-corrected chi connectivity index (χ3v) is 3.65. The lowest BCUT2D eigenvalue weighted by molar-refractivity contribution is -0.140. The highest BCUT2D eigenvalue weighted by Crippen LogP contribution is 2.25. The van der Waals surface area contributed by atoms with Crippen LogP contribution >= 0.6 is 0 Å². The molecular weight excluding hydrogens is 247 g/mol. The number of halogens is 1. The minimum Gasteiger partial charge on any atom is -0.368 e. The van der Waals surface area contributed by atoms with Gasteiger partial charge in [0.15, 0.2) is 0 Å². The van der Waals surface area contributed by atoms with E-state index in [1.165, 1.54) is 6.07 Å². The quantitative estimate of drug-likeness (QED) is 0.877. The molecule has 1 heterocycles. The maximum Gasteiger partial charge on any atom is 0.256 e. The van der Waals surface area contributed by atoms with Crippen LogP contribution in [0.5, 0.6) is 0 Å². The first kappa shape index (κ1) is 14.0. The fraction of sp³-hybridized carbons (Fsp3) is 0.500. The van der Waals surface area contributed by atoms with Gasteiger partial charge >= 0.3 is 0 Å². The summed E-state index contributed by atoms with van der Waals surface area (Å²) in [5.74, 6) is -0.533. The molecule has 0 radical (unpaired) electrons. The van der Waals surface area contributed by atoms with Crippen molar-refractivity contribution in [3.63, 3.8) is 0 Å². The molecule has 2 N–H and O–H groups in total. The zero-order chi connectivity index (χ0) is 13.9. The Hall–Kier alpha value is -1.46. The van der Waals surface area contributed by atoms with E-state index in [0.29, 0.717) is 24.1 Å². The van der Waals surface area contributed by atoms with Gasteiger partial charge in [0.2, 0.25) is 0 Å². The summed E-state index contributed by atoms with van der Waals surface area (Å²) in [5.41, 5.74) is 0.205. The molecule has 1 aliphatic heterocycles. The average Bonchev–Trinajstić information content (AvgIpc) is 2.43. The number of nitrogens with one attached hydrogen (secondary N) is 2. The number of amides is 1. The Morgan fingerprint density at radius 3 is 2.68 bits per heavy atom. The topological polar surface area (TPSA) is 50.4 Å². The van der Waals surface area contributed by atoms with E-state index in [2.05, 4.69) is 10.6 Å². The molecule has 19 heavy (non-hydrogen) atoms. The summed E-state index contributed by atoms with van der Waals surface area (Å²) in [6.45, 7) is 3.16. The number of carbonyl (C=O) groups is 1. The molecule has 1 aromatic rings. The van der Waals surface area contributed by atoms with Crippen LogP contribution in [0.25, 0.3) is 0 Å². The van der Waals surface area contributed by atoms with Gasteiger partial charge in [0.05, 0.1) is 0 Å². The summed E-state index contributed by atoms with van der Waals surface area (Å²) in [5, 5.41) is 5.93. The van der Waals surface area contributed by atoms with E-state index in [-0.39, 0.29) is 11.7 Å². The van der Waals surface area contributed by atoms with Crippen molar-refractivity contribution in [1.29, 1.82) is 0 Å².